The first-order valence-electron chi connectivity index (χ1n) is 5.81. The highest BCUT2D eigenvalue weighted by molar-refractivity contribution is 5.94. The lowest BCUT2D eigenvalue weighted by Crippen LogP contribution is -2.38. The molecule has 1 rings (SSSR count). The van der Waals surface area contributed by atoms with Crippen LogP contribution in [0.1, 0.15) is 26.2 Å². The number of halogens is 1. The largest absolute Gasteiger partial charge is 0.325 e. The average Bonchev–Trinajstić information content (AvgIpc) is 2.31. The summed E-state index contributed by atoms with van der Waals surface area (Å²) in [7, 11) is 1.82. The Morgan fingerprint density at radius 3 is 2.47 bits per heavy atom. The van der Waals surface area contributed by atoms with Crippen molar-refractivity contribution in [3.8, 4) is 0 Å². The summed E-state index contributed by atoms with van der Waals surface area (Å²) >= 11 is 0. The van der Waals surface area contributed by atoms with Crippen LogP contribution in [0.25, 0.3) is 0 Å². The normalized spacial score (nSPS) is 11.4. The van der Waals surface area contributed by atoms with Crippen LogP contribution in [0.2, 0.25) is 0 Å². The van der Waals surface area contributed by atoms with Crippen LogP contribution in [0.15, 0.2) is 30.3 Å². The second kappa shape index (κ2) is 9.02. The van der Waals surface area contributed by atoms with Gasteiger partial charge in [0, 0.05) is 5.69 Å². The van der Waals surface area contributed by atoms with Gasteiger partial charge >= 0.3 is 0 Å². The van der Waals surface area contributed by atoms with Gasteiger partial charge in [0.1, 0.15) is 0 Å². The number of unbranched alkanes of at least 4 members (excludes halogenated alkanes) is 1. The lowest BCUT2D eigenvalue weighted by Gasteiger charge is -2.15. The molecule has 0 fully saturated rings. The third-order valence-electron chi connectivity index (χ3n) is 2.55. The molecule has 0 aromatic heterocycles. The summed E-state index contributed by atoms with van der Waals surface area (Å²) in [6.07, 6.45) is 3.05. The lowest BCUT2D eigenvalue weighted by molar-refractivity contribution is -0.118. The topological polar surface area (TPSA) is 41.1 Å². The SMILES string of the molecule is CCCCC(NC)C(=O)Nc1ccccc1.Cl. The minimum atomic E-state index is -0.0971. The quantitative estimate of drug-likeness (QED) is 0.822. The zero-order valence-corrected chi connectivity index (χ0v) is 11.2. The molecule has 3 nitrogen and oxygen atoms in total. The molecule has 2 N–H and O–H groups in total. The van der Waals surface area contributed by atoms with Gasteiger partial charge in [-0.1, -0.05) is 38.0 Å². The van der Waals surface area contributed by atoms with E-state index in [-0.39, 0.29) is 24.4 Å². The molecule has 0 spiro atoms. The van der Waals surface area contributed by atoms with Crippen LogP contribution in [0.5, 0.6) is 0 Å². The molecule has 0 saturated carbocycles. The Morgan fingerprint density at radius 2 is 1.94 bits per heavy atom. The molecular formula is C13H21ClN2O. The Balaban J connectivity index is 0.00000256. The third kappa shape index (κ3) is 5.71. The van der Waals surface area contributed by atoms with E-state index in [2.05, 4.69) is 17.6 Å². The van der Waals surface area contributed by atoms with Crippen molar-refractivity contribution in [3.05, 3.63) is 30.3 Å². The smallest absolute Gasteiger partial charge is 0.241 e. The maximum atomic E-state index is 11.9. The second-order valence-electron chi connectivity index (χ2n) is 3.84. The molecule has 0 aliphatic carbocycles. The van der Waals surface area contributed by atoms with Crippen molar-refractivity contribution < 1.29 is 4.79 Å². The van der Waals surface area contributed by atoms with Gasteiger partial charge in [-0.05, 0) is 25.6 Å². The summed E-state index contributed by atoms with van der Waals surface area (Å²) in [5.41, 5.74) is 0.851. The molecular weight excluding hydrogens is 236 g/mol. The molecule has 1 amide bonds. The summed E-state index contributed by atoms with van der Waals surface area (Å²) in [5.74, 6) is 0.0437. The standard InChI is InChI=1S/C13H20N2O.ClH/c1-3-4-10-12(14-2)13(16)15-11-8-6-5-7-9-11;/h5-9,12,14H,3-4,10H2,1-2H3,(H,15,16);1H. The Morgan fingerprint density at radius 1 is 1.29 bits per heavy atom. The number of nitrogens with one attached hydrogen (secondary N) is 2. The minimum absolute atomic E-state index is 0. The number of benzene rings is 1. The molecule has 1 aromatic carbocycles. The fourth-order valence-electron chi connectivity index (χ4n) is 1.57. The van der Waals surface area contributed by atoms with Crippen molar-refractivity contribution in [1.29, 1.82) is 0 Å². The zero-order chi connectivity index (χ0) is 11.8. The number of rotatable bonds is 6. The maximum absolute atomic E-state index is 11.9. The number of para-hydroxylation sites is 1. The van der Waals surface area contributed by atoms with Crippen LogP contribution >= 0.6 is 12.4 Å². The van der Waals surface area contributed by atoms with E-state index >= 15 is 0 Å². The molecule has 0 saturated heterocycles. The van der Waals surface area contributed by atoms with Gasteiger partial charge in [0.15, 0.2) is 0 Å². The predicted octanol–water partition coefficient (Wildman–Crippen LogP) is 2.83. The molecule has 1 unspecified atom stereocenters. The van der Waals surface area contributed by atoms with E-state index in [9.17, 15) is 4.79 Å². The van der Waals surface area contributed by atoms with Crippen LogP contribution in [-0.4, -0.2) is 19.0 Å². The van der Waals surface area contributed by atoms with Crippen molar-refractivity contribution in [2.45, 2.75) is 32.2 Å². The van der Waals surface area contributed by atoms with E-state index in [1.165, 1.54) is 0 Å². The van der Waals surface area contributed by atoms with Gasteiger partial charge in [-0.2, -0.15) is 0 Å². The van der Waals surface area contributed by atoms with Gasteiger partial charge in [0.2, 0.25) is 5.91 Å². The van der Waals surface area contributed by atoms with Gasteiger partial charge in [0.25, 0.3) is 0 Å². The van der Waals surface area contributed by atoms with Gasteiger partial charge in [-0.15, -0.1) is 12.4 Å². The Bertz CT molecular complexity index is 316. The number of amides is 1. The molecule has 0 radical (unpaired) electrons. The number of hydrogen-bond acceptors (Lipinski definition) is 2. The summed E-state index contributed by atoms with van der Waals surface area (Å²) in [6, 6.07) is 9.45. The molecule has 1 atom stereocenters. The summed E-state index contributed by atoms with van der Waals surface area (Å²) < 4.78 is 0. The van der Waals surface area contributed by atoms with Crippen LogP contribution in [-0.2, 0) is 4.79 Å². The molecule has 0 bridgehead atoms. The van der Waals surface area contributed by atoms with Crippen molar-refractivity contribution in [2.24, 2.45) is 0 Å². The first-order valence-corrected chi connectivity index (χ1v) is 5.81. The second-order valence-corrected chi connectivity index (χ2v) is 3.84. The maximum Gasteiger partial charge on any atom is 0.241 e. The first kappa shape index (κ1) is 15.9. The average molecular weight is 257 g/mol. The molecule has 0 aliphatic heterocycles. The van der Waals surface area contributed by atoms with Crippen LogP contribution in [0.3, 0.4) is 0 Å². The Hall–Kier alpha value is -1.06. The predicted molar refractivity (Wildman–Crippen MR) is 74.7 cm³/mol. The Labute approximate surface area is 109 Å². The van der Waals surface area contributed by atoms with Crippen molar-refractivity contribution in [2.75, 3.05) is 12.4 Å². The van der Waals surface area contributed by atoms with Gasteiger partial charge < -0.3 is 10.6 Å². The fourth-order valence-corrected chi connectivity index (χ4v) is 1.57. The van der Waals surface area contributed by atoms with Gasteiger partial charge in [-0.3, -0.25) is 4.79 Å². The number of carbonyl (C=O) groups is 1. The van der Waals surface area contributed by atoms with E-state index in [0.29, 0.717) is 0 Å². The van der Waals surface area contributed by atoms with Crippen LogP contribution in [0.4, 0.5) is 5.69 Å². The molecule has 1 aromatic rings. The molecule has 4 heteroatoms. The van der Waals surface area contributed by atoms with Gasteiger partial charge in [0.05, 0.1) is 6.04 Å². The highest BCUT2D eigenvalue weighted by Crippen LogP contribution is 2.07. The van der Waals surface area contributed by atoms with E-state index in [0.717, 1.165) is 24.9 Å². The first-order chi connectivity index (χ1) is 7.77. The lowest BCUT2D eigenvalue weighted by atomic mass is 10.1. The molecule has 17 heavy (non-hydrogen) atoms. The number of likely N-dealkylation sites (N-methyl/N-ethyl adjacent to an activating group) is 1. The Kier molecular flexibility index (Phi) is 8.46. The highest BCUT2D eigenvalue weighted by Gasteiger charge is 2.15. The van der Waals surface area contributed by atoms with Crippen molar-refractivity contribution >= 4 is 24.0 Å². The monoisotopic (exact) mass is 256 g/mol. The number of anilines is 1. The third-order valence-corrected chi connectivity index (χ3v) is 2.55. The highest BCUT2D eigenvalue weighted by atomic mass is 35.5. The molecule has 0 aliphatic rings. The van der Waals surface area contributed by atoms with Gasteiger partial charge in [-0.25, -0.2) is 0 Å². The number of carbonyl (C=O) groups excluding carboxylic acids is 1. The number of hydrogen-bond donors (Lipinski definition) is 2. The van der Waals surface area contributed by atoms with E-state index < -0.39 is 0 Å². The summed E-state index contributed by atoms with van der Waals surface area (Å²) in [5, 5.41) is 5.95. The van der Waals surface area contributed by atoms with E-state index in [4.69, 9.17) is 0 Å². The van der Waals surface area contributed by atoms with Crippen molar-refractivity contribution in [1.82, 2.24) is 5.32 Å². The minimum Gasteiger partial charge on any atom is -0.325 e. The molecule has 96 valence electrons. The van der Waals surface area contributed by atoms with E-state index in [1.54, 1.807) is 0 Å². The van der Waals surface area contributed by atoms with Crippen LogP contribution < -0.4 is 10.6 Å². The summed E-state index contributed by atoms with van der Waals surface area (Å²) in [6.45, 7) is 2.13. The zero-order valence-electron chi connectivity index (χ0n) is 10.4. The fraction of sp³-hybridized carbons (Fsp3) is 0.462. The molecule has 0 heterocycles. The summed E-state index contributed by atoms with van der Waals surface area (Å²) in [4.78, 5) is 11.9. The van der Waals surface area contributed by atoms with Crippen molar-refractivity contribution in [3.63, 3.8) is 0 Å². The van der Waals surface area contributed by atoms with E-state index in [1.807, 2.05) is 37.4 Å². The van der Waals surface area contributed by atoms with Crippen LogP contribution in [0, 0.1) is 0 Å².